The molecule has 3 nitrogen and oxygen atoms in total. The van der Waals surface area contributed by atoms with E-state index in [0.29, 0.717) is 0 Å². The number of aromatic nitrogens is 1. The smallest absolute Gasteiger partial charge is 0.135 e. The molecule has 0 spiro atoms. The predicted octanol–water partition coefficient (Wildman–Crippen LogP) is 14.2. The Labute approximate surface area is 303 Å². The Morgan fingerprint density at radius 2 is 1.00 bits per heavy atom. The third-order valence-corrected chi connectivity index (χ3v) is 11.5. The quantitative estimate of drug-likeness (QED) is 0.180. The Balaban J connectivity index is 1.06. The van der Waals surface area contributed by atoms with Crippen LogP contribution >= 0.6 is 11.3 Å². The first kappa shape index (κ1) is 29.1. The van der Waals surface area contributed by atoms with Gasteiger partial charge in [0, 0.05) is 64.5 Å². The van der Waals surface area contributed by atoms with Crippen LogP contribution in [-0.2, 0) is 0 Å². The zero-order chi connectivity index (χ0) is 34.2. The molecule has 11 rings (SSSR count). The molecule has 4 heteroatoms. The molecule has 0 unspecified atom stereocenters. The second-order valence-corrected chi connectivity index (χ2v) is 14.4. The van der Waals surface area contributed by atoms with E-state index in [1.165, 1.54) is 53.1 Å². The fourth-order valence-corrected chi connectivity index (χ4v) is 9.10. The van der Waals surface area contributed by atoms with Gasteiger partial charge in [-0.15, -0.1) is 11.3 Å². The van der Waals surface area contributed by atoms with E-state index in [1.807, 2.05) is 23.5 Å². The molecule has 52 heavy (non-hydrogen) atoms. The topological polar surface area (TPSA) is 21.3 Å². The normalized spacial score (nSPS) is 11.8. The number of hydrogen-bond donors (Lipinski definition) is 0. The largest absolute Gasteiger partial charge is 0.456 e. The average Bonchev–Trinajstić information content (AvgIpc) is 3.87. The van der Waals surface area contributed by atoms with Crippen LogP contribution in [-0.4, -0.2) is 4.57 Å². The average molecular weight is 683 g/mol. The maximum atomic E-state index is 6.22. The van der Waals surface area contributed by atoms with E-state index >= 15 is 0 Å². The lowest BCUT2D eigenvalue weighted by atomic mass is 10.0. The molecule has 0 saturated heterocycles. The van der Waals surface area contributed by atoms with Crippen LogP contribution in [0.25, 0.3) is 80.7 Å². The van der Waals surface area contributed by atoms with Gasteiger partial charge in [-0.1, -0.05) is 103 Å². The van der Waals surface area contributed by atoms with Crippen LogP contribution in [0, 0.1) is 0 Å². The number of benzene rings is 8. The summed E-state index contributed by atoms with van der Waals surface area (Å²) in [5, 5.41) is 7.35. The second-order valence-electron chi connectivity index (χ2n) is 13.4. The van der Waals surface area contributed by atoms with Gasteiger partial charge >= 0.3 is 0 Å². The fraction of sp³-hybridized carbons (Fsp3) is 0. The molecule has 0 aliphatic rings. The number of furan rings is 1. The van der Waals surface area contributed by atoms with Gasteiger partial charge in [-0.3, -0.25) is 0 Å². The molecule has 0 N–H and O–H groups in total. The Morgan fingerprint density at radius 3 is 1.88 bits per heavy atom. The number of fused-ring (bicyclic) bond motifs is 9. The minimum atomic E-state index is 0.892. The maximum absolute atomic E-state index is 6.22. The summed E-state index contributed by atoms with van der Waals surface area (Å²) in [6.45, 7) is 0. The number of anilines is 3. The lowest BCUT2D eigenvalue weighted by Gasteiger charge is -2.26. The SMILES string of the molecule is c1ccc(-n2c3ccccc3c3ccc(-c4ccc(N(c5ccc6c(c5)sc5ccccc56)c5ccc6oc7ccccc7c6c5)cc4)cc32)cc1. The summed E-state index contributed by atoms with van der Waals surface area (Å²) in [5.74, 6) is 0. The molecule has 0 atom stereocenters. The van der Waals surface area contributed by atoms with Crippen molar-refractivity contribution in [3.05, 3.63) is 182 Å². The molecule has 3 aromatic heterocycles. The first-order valence-electron chi connectivity index (χ1n) is 17.6. The van der Waals surface area contributed by atoms with E-state index in [0.717, 1.165) is 44.7 Å². The Bertz CT molecular complexity index is 3130. The molecule has 0 saturated carbocycles. The van der Waals surface area contributed by atoms with Crippen LogP contribution in [0.4, 0.5) is 17.1 Å². The van der Waals surface area contributed by atoms with E-state index < -0.39 is 0 Å². The zero-order valence-corrected chi connectivity index (χ0v) is 28.8. The van der Waals surface area contributed by atoms with Crippen LogP contribution in [0.3, 0.4) is 0 Å². The van der Waals surface area contributed by atoms with Gasteiger partial charge in [-0.25, -0.2) is 0 Å². The van der Waals surface area contributed by atoms with Crippen molar-refractivity contribution in [1.82, 2.24) is 4.57 Å². The number of rotatable bonds is 5. The van der Waals surface area contributed by atoms with Gasteiger partial charge in [0.25, 0.3) is 0 Å². The summed E-state index contributed by atoms with van der Waals surface area (Å²) in [4.78, 5) is 2.37. The van der Waals surface area contributed by atoms with E-state index in [2.05, 4.69) is 179 Å². The van der Waals surface area contributed by atoms with Gasteiger partial charge in [0.05, 0.1) is 11.0 Å². The highest BCUT2D eigenvalue weighted by Gasteiger charge is 2.18. The zero-order valence-electron chi connectivity index (χ0n) is 28.0. The van der Waals surface area contributed by atoms with E-state index in [1.54, 1.807) is 0 Å². The van der Waals surface area contributed by atoms with Crippen molar-refractivity contribution in [1.29, 1.82) is 0 Å². The molecule has 244 valence electrons. The molecule has 0 aliphatic heterocycles. The monoisotopic (exact) mass is 682 g/mol. The van der Waals surface area contributed by atoms with E-state index in [4.69, 9.17) is 4.42 Å². The molecule has 0 amide bonds. The summed E-state index contributed by atoms with van der Waals surface area (Å²) in [6.07, 6.45) is 0. The highest BCUT2D eigenvalue weighted by molar-refractivity contribution is 7.25. The molecule has 11 aromatic rings. The molecule has 3 heterocycles. The highest BCUT2D eigenvalue weighted by atomic mass is 32.1. The summed E-state index contributed by atoms with van der Waals surface area (Å²) >= 11 is 1.85. The molecular weight excluding hydrogens is 653 g/mol. The summed E-state index contributed by atoms with van der Waals surface area (Å²) in [5.41, 5.74) is 11.0. The molecule has 0 bridgehead atoms. The fourth-order valence-electron chi connectivity index (χ4n) is 7.96. The van der Waals surface area contributed by atoms with Crippen molar-refractivity contribution in [2.45, 2.75) is 0 Å². The number of hydrogen-bond acceptors (Lipinski definition) is 3. The third-order valence-electron chi connectivity index (χ3n) is 10.4. The van der Waals surface area contributed by atoms with Gasteiger partial charge in [-0.2, -0.15) is 0 Å². The van der Waals surface area contributed by atoms with Crippen LogP contribution < -0.4 is 4.90 Å². The Morgan fingerprint density at radius 1 is 0.385 bits per heavy atom. The minimum Gasteiger partial charge on any atom is -0.456 e. The number of nitrogens with zero attached hydrogens (tertiary/aromatic N) is 2. The van der Waals surface area contributed by atoms with Gasteiger partial charge in [0.15, 0.2) is 0 Å². The van der Waals surface area contributed by atoms with Gasteiger partial charge in [-0.05, 0) is 90.0 Å². The summed E-state index contributed by atoms with van der Waals surface area (Å²) in [6, 6.07) is 65.6. The van der Waals surface area contributed by atoms with Crippen LogP contribution in [0.15, 0.2) is 186 Å². The summed E-state index contributed by atoms with van der Waals surface area (Å²) < 4.78 is 11.2. The number of para-hydroxylation sites is 3. The Hall–Kier alpha value is -6.62. The van der Waals surface area contributed by atoms with Crippen molar-refractivity contribution in [2.24, 2.45) is 0 Å². The van der Waals surface area contributed by atoms with Crippen molar-refractivity contribution in [3.63, 3.8) is 0 Å². The summed E-state index contributed by atoms with van der Waals surface area (Å²) in [7, 11) is 0. The first-order chi connectivity index (χ1) is 25.8. The third kappa shape index (κ3) is 4.51. The molecule has 0 aliphatic carbocycles. The lowest BCUT2D eigenvalue weighted by Crippen LogP contribution is -2.09. The predicted molar refractivity (Wildman–Crippen MR) is 221 cm³/mol. The Kier molecular flexibility index (Phi) is 6.42. The highest BCUT2D eigenvalue weighted by Crippen LogP contribution is 2.43. The lowest BCUT2D eigenvalue weighted by molar-refractivity contribution is 0.669. The number of thiophene rings is 1. The first-order valence-corrected chi connectivity index (χ1v) is 18.4. The van der Waals surface area contributed by atoms with Gasteiger partial charge in [0.2, 0.25) is 0 Å². The van der Waals surface area contributed by atoms with Crippen molar-refractivity contribution in [3.8, 4) is 16.8 Å². The standard InChI is InChI=1S/C48H30N2OS/c1-2-10-33(11-3-1)50-43-15-7-4-12-37(43)38-25-20-32(28-44(38)50)31-18-21-34(22-19-31)49(35-24-27-46-42(29-35)39-13-5-8-16-45(39)51-46)36-23-26-41-40-14-6-9-17-47(40)52-48(41)30-36/h1-30H. The van der Waals surface area contributed by atoms with Gasteiger partial charge in [0.1, 0.15) is 11.2 Å². The second kappa shape index (κ2) is 11.5. The van der Waals surface area contributed by atoms with Crippen LogP contribution in [0.2, 0.25) is 0 Å². The maximum Gasteiger partial charge on any atom is 0.135 e. The van der Waals surface area contributed by atoms with Crippen molar-refractivity contribution < 1.29 is 4.42 Å². The van der Waals surface area contributed by atoms with Gasteiger partial charge < -0.3 is 13.9 Å². The van der Waals surface area contributed by atoms with E-state index in [9.17, 15) is 0 Å². The van der Waals surface area contributed by atoms with Crippen molar-refractivity contribution in [2.75, 3.05) is 4.90 Å². The van der Waals surface area contributed by atoms with Crippen LogP contribution in [0.5, 0.6) is 0 Å². The molecule has 0 fully saturated rings. The molecular formula is C48H30N2OS. The van der Waals surface area contributed by atoms with Crippen LogP contribution in [0.1, 0.15) is 0 Å². The molecule has 0 radical (unpaired) electrons. The van der Waals surface area contributed by atoms with Crippen molar-refractivity contribution >= 4 is 92.3 Å². The molecule has 8 aromatic carbocycles. The van der Waals surface area contributed by atoms with E-state index in [-0.39, 0.29) is 0 Å². The minimum absolute atomic E-state index is 0.892.